The first kappa shape index (κ1) is 9.63. The SMILES string of the molecule is C=CC(C)(C)CNCCF. The summed E-state index contributed by atoms with van der Waals surface area (Å²) in [5, 5.41) is 2.98. The van der Waals surface area contributed by atoms with Gasteiger partial charge in [-0.3, -0.25) is 0 Å². The summed E-state index contributed by atoms with van der Waals surface area (Å²) in [4.78, 5) is 0. The molecule has 0 saturated carbocycles. The minimum absolute atomic E-state index is 0.0785. The van der Waals surface area contributed by atoms with Crippen molar-refractivity contribution < 1.29 is 4.39 Å². The zero-order valence-corrected chi connectivity index (χ0v) is 6.78. The number of hydrogen-bond donors (Lipinski definition) is 1. The van der Waals surface area contributed by atoms with Gasteiger partial charge in [0.15, 0.2) is 0 Å². The van der Waals surface area contributed by atoms with Gasteiger partial charge in [0.25, 0.3) is 0 Å². The van der Waals surface area contributed by atoms with E-state index in [1.165, 1.54) is 0 Å². The first-order valence-corrected chi connectivity index (χ1v) is 3.52. The molecule has 0 saturated heterocycles. The predicted octanol–water partition coefficient (Wildman–Crippen LogP) is 1.76. The maximum atomic E-state index is 11.6. The molecule has 60 valence electrons. The van der Waals surface area contributed by atoms with E-state index in [-0.39, 0.29) is 12.1 Å². The van der Waals surface area contributed by atoms with Crippen molar-refractivity contribution in [2.24, 2.45) is 5.41 Å². The number of alkyl halides is 1. The summed E-state index contributed by atoms with van der Waals surface area (Å²) in [5.41, 5.74) is 0.0785. The Bertz CT molecular complexity index is 99.4. The number of hydrogen-bond acceptors (Lipinski definition) is 1. The smallest absolute Gasteiger partial charge is 0.102 e. The Kier molecular flexibility index (Phi) is 4.28. The molecule has 1 N–H and O–H groups in total. The van der Waals surface area contributed by atoms with E-state index in [2.05, 4.69) is 25.7 Å². The monoisotopic (exact) mass is 145 g/mol. The van der Waals surface area contributed by atoms with E-state index < -0.39 is 0 Å². The number of halogens is 1. The fourth-order valence-corrected chi connectivity index (χ4v) is 0.550. The van der Waals surface area contributed by atoms with Gasteiger partial charge in [-0.25, -0.2) is 4.39 Å². The lowest BCUT2D eigenvalue weighted by Gasteiger charge is -2.19. The molecule has 0 aromatic carbocycles. The van der Waals surface area contributed by atoms with Crippen molar-refractivity contribution in [3.8, 4) is 0 Å². The van der Waals surface area contributed by atoms with Crippen molar-refractivity contribution in [3.05, 3.63) is 12.7 Å². The van der Waals surface area contributed by atoms with Crippen molar-refractivity contribution in [1.29, 1.82) is 0 Å². The van der Waals surface area contributed by atoms with Crippen molar-refractivity contribution in [1.82, 2.24) is 5.32 Å². The molecule has 10 heavy (non-hydrogen) atoms. The highest BCUT2D eigenvalue weighted by molar-refractivity contribution is 4.88. The number of nitrogens with one attached hydrogen (secondary N) is 1. The topological polar surface area (TPSA) is 12.0 Å². The van der Waals surface area contributed by atoms with Crippen LogP contribution in [-0.2, 0) is 0 Å². The standard InChI is InChI=1S/C8H16FN/c1-4-8(2,3)7-10-6-5-9/h4,10H,1,5-7H2,2-3H3. The van der Waals surface area contributed by atoms with Crippen LogP contribution < -0.4 is 5.32 Å². The quantitative estimate of drug-likeness (QED) is 0.459. The first-order chi connectivity index (χ1) is 4.62. The third-order valence-corrected chi connectivity index (χ3v) is 1.40. The van der Waals surface area contributed by atoms with Gasteiger partial charge in [-0.05, 0) is 5.41 Å². The average Bonchev–Trinajstić information content (AvgIpc) is 1.89. The van der Waals surface area contributed by atoms with Crippen LogP contribution in [0.2, 0.25) is 0 Å². The second-order valence-electron chi connectivity index (χ2n) is 3.06. The summed E-state index contributed by atoms with van der Waals surface area (Å²) < 4.78 is 11.6. The molecule has 1 nitrogen and oxygen atoms in total. The summed E-state index contributed by atoms with van der Waals surface area (Å²) in [6.45, 7) is 8.73. The zero-order valence-electron chi connectivity index (χ0n) is 6.78. The fourth-order valence-electron chi connectivity index (χ4n) is 0.550. The molecule has 0 radical (unpaired) electrons. The predicted molar refractivity (Wildman–Crippen MR) is 42.8 cm³/mol. The van der Waals surface area contributed by atoms with Gasteiger partial charge >= 0.3 is 0 Å². The Hall–Kier alpha value is -0.370. The summed E-state index contributed by atoms with van der Waals surface area (Å²) >= 11 is 0. The summed E-state index contributed by atoms with van der Waals surface area (Å²) in [6.07, 6.45) is 1.87. The lowest BCUT2D eigenvalue weighted by molar-refractivity contribution is 0.402. The lowest BCUT2D eigenvalue weighted by atomic mass is 9.94. The Morgan fingerprint density at radius 3 is 2.60 bits per heavy atom. The van der Waals surface area contributed by atoms with Gasteiger partial charge in [0.05, 0.1) is 0 Å². The van der Waals surface area contributed by atoms with E-state index in [1.54, 1.807) is 0 Å². The third-order valence-electron chi connectivity index (χ3n) is 1.40. The molecule has 0 rings (SSSR count). The van der Waals surface area contributed by atoms with Crippen LogP contribution in [0, 0.1) is 5.41 Å². The molecule has 0 aromatic heterocycles. The van der Waals surface area contributed by atoms with Gasteiger partial charge in [0, 0.05) is 13.1 Å². The molecule has 0 amide bonds. The van der Waals surface area contributed by atoms with Crippen LogP contribution in [0.25, 0.3) is 0 Å². The maximum Gasteiger partial charge on any atom is 0.102 e. The molecular formula is C8H16FN. The van der Waals surface area contributed by atoms with Crippen LogP contribution in [0.4, 0.5) is 4.39 Å². The van der Waals surface area contributed by atoms with Crippen molar-refractivity contribution in [2.45, 2.75) is 13.8 Å². The molecule has 0 heterocycles. The van der Waals surface area contributed by atoms with Crippen LogP contribution in [0.1, 0.15) is 13.8 Å². The summed E-state index contributed by atoms with van der Waals surface area (Å²) in [6, 6.07) is 0. The zero-order chi connectivity index (χ0) is 8.04. The van der Waals surface area contributed by atoms with Gasteiger partial charge < -0.3 is 5.32 Å². The van der Waals surface area contributed by atoms with Gasteiger partial charge in [0.1, 0.15) is 6.67 Å². The van der Waals surface area contributed by atoms with E-state index in [9.17, 15) is 4.39 Å². The van der Waals surface area contributed by atoms with Crippen LogP contribution >= 0.6 is 0 Å². The minimum Gasteiger partial charge on any atom is -0.313 e. The first-order valence-electron chi connectivity index (χ1n) is 3.52. The van der Waals surface area contributed by atoms with Crippen molar-refractivity contribution in [3.63, 3.8) is 0 Å². The minimum atomic E-state index is -0.298. The van der Waals surface area contributed by atoms with Gasteiger partial charge in [-0.1, -0.05) is 19.9 Å². The number of rotatable bonds is 5. The lowest BCUT2D eigenvalue weighted by Crippen LogP contribution is -2.29. The fraction of sp³-hybridized carbons (Fsp3) is 0.750. The van der Waals surface area contributed by atoms with Crippen LogP contribution in [0.15, 0.2) is 12.7 Å². The van der Waals surface area contributed by atoms with Gasteiger partial charge in [-0.15, -0.1) is 6.58 Å². The average molecular weight is 145 g/mol. The molecule has 2 heteroatoms. The molecule has 0 aromatic rings. The summed E-state index contributed by atoms with van der Waals surface area (Å²) in [5.74, 6) is 0. The third kappa shape index (κ3) is 4.50. The van der Waals surface area contributed by atoms with Gasteiger partial charge in [-0.2, -0.15) is 0 Å². The molecule has 0 aliphatic rings. The molecule has 0 bridgehead atoms. The largest absolute Gasteiger partial charge is 0.313 e. The van der Waals surface area contributed by atoms with Crippen LogP contribution in [-0.4, -0.2) is 19.8 Å². The molecule has 0 unspecified atom stereocenters. The Balaban J connectivity index is 3.37. The molecule has 0 spiro atoms. The van der Waals surface area contributed by atoms with E-state index in [4.69, 9.17) is 0 Å². The molecular weight excluding hydrogens is 129 g/mol. The van der Waals surface area contributed by atoms with E-state index in [1.807, 2.05) is 6.08 Å². The van der Waals surface area contributed by atoms with E-state index in [0.29, 0.717) is 6.54 Å². The normalized spacial score (nSPS) is 11.5. The van der Waals surface area contributed by atoms with Gasteiger partial charge in [0.2, 0.25) is 0 Å². The Labute approximate surface area is 62.3 Å². The summed E-state index contributed by atoms with van der Waals surface area (Å²) in [7, 11) is 0. The molecule has 0 aliphatic carbocycles. The Morgan fingerprint density at radius 1 is 1.60 bits per heavy atom. The van der Waals surface area contributed by atoms with E-state index >= 15 is 0 Å². The van der Waals surface area contributed by atoms with Crippen LogP contribution in [0.3, 0.4) is 0 Å². The maximum absolute atomic E-state index is 11.6. The molecule has 0 aliphatic heterocycles. The van der Waals surface area contributed by atoms with E-state index in [0.717, 1.165) is 6.54 Å². The highest BCUT2D eigenvalue weighted by atomic mass is 19.1. The highest BCUT2D eigenvalue weighted by Gasteiger charge is 2.10. The van der Waals surface area contributed by atoms with Crippen molar-refractivity contribution >= 4 is 0 Å². The Morgan fingerprint density at radius 2 is 2.20 bits per heavy atom. The second-order valence-corrected chi connectivity index (χ2v) is 3.06. The molecule has 0 fully saturated rings. The second kappa shape index (κ2) is 4.45. The van der Waals surface area contributed by atoms with Crippen molar-refractivity contribution in [2.75, 3.05) is 19.8 Å². The highest BCUT2D eigenvalue weighted by Crippen LogP contribution is 2.13. The molecule has 0 atom stereocenters. The van der Waals surface area contributed by atoms with Crippen LogP contribution in [0.5, 0.6) is 0 Å².